The van der Waals surface area contributed by atoms with E-state index in [2.05, 4.69) is 4.72 Å². The van der Waals surface area contributed by atoms with E-state index in [4.69, 9.17) is 26.7 Å². The second-order valence-electron chi connectivity index (χ2n) is 4.05. The maximum Gasteiger partial charge on any atom is 0.321 e. The van der Waals surface area contributed by atoms with Crippen LogP contribution in [-0.4, -0.2) is 39.3 Å². The quantitative estimate of drug-likeness (QED) is 0.768. The number of benzene rings is 1. The molecule has 21 heavy (non-hydrogen) atoms. The summed E-state index contributed by atoms with van der Waals surface area (Å²) < 4.78 is 31.0. The fourth-order valence-corrected chi connectivity index (χ4v) is 3.01. The molecule has 0 fully saturated rings. The maximum absolute atomic E-state index is 12.1. The van der Waals surface area contributed by atoms with Gasteiger partial charge in [-0.3, -0.25) is 4.79 Å². The summed E-state index contributed by atoms with van der Waals surface area (Å²) in [7, 11) is -2.68. The van der Waals surface area contributed by atoms with Crippen molar-refractivity contribution in [1.82, 2.24) is 4.72 Å². The van der Waals surface area contributed by atoms with Crippen molar-refractivity contribution in [3.63, 3.8) is 0 Å². The molecule has 1 aromatic rings. The smallest absolute Gasteiger partial charge is 0.321 e. The van der Waals surface area contributed by atoms with Crippen molar-refractivity contribution < 1.29 is 23.1 Å². The average Bonchev–Trinajstić information content (AvgIpc) is 2.43. The molecule has 0 spiro atoms. The zero-order chi connectivity index (χ0) is 16.0. The number of halogens is 1. The molecule has 1 unspecified atom stereocenters. The summed E-state index contributed by atoms with van der Waals surface area (Å²) in [6.07, 6.45) is -0.0188. The molecule has 0 radical (unpaired) electrons. The number of carboxylic acid groups (broad SMARTS) is 1. The number of ether oxygens (including phenoxy) is 1. The highest BCUT2D eigenvalue weighted by Crippen LogP contribution is 2.20. The van der Waals surface area contributed by atoms with Crippen molar-refractivity contribution in [3.05, 3.63) is 28.8 Å². The molecule has 0 saturated carbocycles. The molecular weight excluding hydrogens is 320 g/mol. The first-order valence-electron chi connectivity index (χ1n) is 5.75. The molecule has 1 rings (SSSR count). The van der Waals surface area contributed by atoms with Crippen LogP contribution in [0.5, 0.6) is 0 Å². The zero-order valence-electron chi connectivity index (χ0n) is 11.0. The van der Waals surface area contributed by atoms with Crippen molar-refractivity contribution in [2.75, 3.05) is 13.7 Å². The first-order valence-corrected chi connectivity index (χ1v) is 7.61. The number of aliphatic carboxylic acids is 1. The van der Waals surface area contributed by atoms with E-state index >= 15 is 0 Å². The summed E-state index contributed by atoms with van der Waals surface area (Å²) in [5.41, 5.74) is 0.129. The van der Waals surface area contributed by atoms with Crippen LogP contribution >= 0.6 is 11.6 Å². The number of nitriles is 1. The Balaban J connectivity index is 3.02. The van der Waals surface area contributed by atoms with Crippen molar-refractivity contribution in [3.8, 4) is 6.07 Å². The molecule has 0 bridgehead atoms. The number of nitrogens with zero attached hydrogens (tertiary/aromatic N) is 1. The van der Waals surface area contributed by atoms with Gasteiger partial charge in [0, 0.05) is 13.7 Å². The van der Waals surface area contributed by atoms with Crippen LogP contribution in [0, 0.1) is 11.3 Å². The Kier molecular flexibility index (Phi) is 6.11. The number of hydrogen-bond donors (Lipinski definition) is 2. The Labute approximate surface area is 127 Å². The van der Waals surface area contributed by atoms with Gasteiger partial charge in [-0.05, 0) is 24.6 Å². The van der Waals surface area contributed by atoms with E-state index in [1.165, 1.54) is 19.2 Å². The summed E-state index contributed by atoms with van der Waals surface area (Å²) in [6.45, 7) is 0.0909. The minimum Gasteiger partial charge on any atom is -0.480 e. The molecule has 1 atom stereocenters. The lowest BCUT2D eigenvalue weighted by atomic mass is 10.2. The lowest BCUT2D eigenvalue weighted by Crippen LogP contribution is -2.41. The van der Waals surface area contributed by atoms with Gasteiger partial charge in [0.05, 0.1) is 15.5 Å². The summed E-state index contributed by atoms with van der Waals surface area (Å²) in [4.78, 5) is 10.8. The van der Waals surface area contributed by atoms with E-state index in [0.717, 1.165) is 6.07 Å². The van der Waals surface area contributed by atoms with Crippen LogP contribution in [0.25, 0.3) is 0 Å². The number of rotatable bonds is 7. The topological polar surface area (TPSA) is 116 Å². The molecular formula is C12H13ClN2O5S. The molecule has 9 heteroatoms. The minimum atomic E-state index is -4.06. The fourth-order valence-electron chi connectivity index (χ4n) is 1.48. The normalized spacial score (nSPS) is 12.6. The summed E-state index contributed by atoms with van der Waals surface area (Å²) in [5.74, 6) is -1.31. The van der Waals surface area contributed by atoms with Crippen molar-refractivity contribution in [2.24, 2.45) is 0 Å². The summed E-state index contributed by atoms with van der Waals surface area (Å²) in [5, 5.41) is 17.7. The highest BCUT2D eigenvalue weighted by molar-refractivity contribution is 7.89. The Morgan fingerprint density at radius 2 is 2.24 bits per heavy atom. The third-order valence-electron chi connectivity index (χ3n) is 2.58. The largest absolute Gasteiger partial charge is 0.480 e. The third kappa shape index (κ3) is 4.68. The predicted molar refractivity (Wildman–Crippen MR) is 74.4 cm³/mol. The Morgan fingerprint density at radius 1 is 1.57 bits per heavy atom. The molecule has 0 aliphatic carbocycles. The van der Waals surface area contributed by atoms with Gasteiger partial charge in [0.1, 0.15) is 12.1 Å². The average molecular weight is 333 g/mol. The molecule has 7 nitrogen and oxygen atoms in total. The molecule has 0 aliphatic heterocycles. The van der Waals surface area contributed by atoms with E-state index in [1.807, 2.05) is 0 Å². The van der Waals surface area contributed by atoms with E-state index in [1.54, 1.807) is 6.07 Å². The number of carbonyl (C=O) groups is 1. The van der Waals surface area contributed by atoms with Gasteiger partial charge in [-0.2, -0.15) is 9.98 Å². The number of carboxylic acids is 1. The maximum atomic E-state index is 12.1. The van der Waals surface area contributed by atoms with Gasteiger partial charge in [0.15, 0.2) is 0 Å². The number of hydrogen-bond acceptors (Lipinski definition) is 5. The van der Waals surface area contributed by atoms with E-state index in [-0.39, 0.29) is 28.5 Å². The molecule has 1 aromatic carbocycles. The second kappa shape index (κ2) is 7.38. The zero-order valence-corrected chi connectivity index (χ0v) is 12.6. The molecule has 0 heterocycles. The van der Waals surface area contributed by atoms with Crippen LogP contribution in [0.15, 0.2) is 23.1 Å². The minimum absolute atomic E-state index is 0.0188. The SMILES string of the molecule is COCCC(NS(=O)(=O)c1ccc(C#N)c(Cl)c1)C(=O)O. The Morgan fingerprint density at radius 3 is 2.71 bits per heavy atom. The molecule has 114 valence electrons. The summed E-state index contributed by atoms with van der Waals surface area (Å²) in [6, 6.07) is 4.02. The van der Waals surface area contributed by atoms with Gasteiger partial charge in [-0.15, -0.1) is 0 Å². The number of sulfonamides is 1. The van der Waals surface area contributed by atoms with Crippen LogP contribution in [0.2, 0.25) is 5.02 Å². The van der Waals surface area contributed by atoms with Crippen LogP contribution < -0.4 is 4.72 Å². The predicted octanol–water partition coefficient (Wildman–Crippen LogP) is 0.980. The second-order valence-corrected chi connectivity index (χ2v) is 6.17. The molecule has 0 amide bonds. The number of methoxy groups -OCH3 is 1. The first-order chi connectivity index (χ1) is 9.81. The van der Waals surface area contributed by atoms with Gasteiger partial charge in [0.25, 0.3) is 0 Å². The Bertz CT molecular complexity index is 669. The molecule has 0 aliphatic rings. The lowest BCUT2D eigenvalue weighted by Gasteiger charge is -2.14. The van der Waals surface area contributed by atoms with Gasteiger partial charge in [-0.25, -0.2) is 8.42 Å². The van der Waals surface area contributed by atoms with Gasteiger partial charge in [0.2, 0.25) is 10.0 Å². The van der Waals surface area contributed by atoms with E-state index < -0.39 is 22.0 Å². The van der Waals surface area contributed by atoms with Crippen LogP contribution in [0.1, 0.15) is 12.0 Å². The van der Waals surface area contributed by atoms with Crippen LogP contribution in [-0.2, 0) is 19.6 Å². The van der Waals surface area contributed by atoms with Crippen molar-refractivity contribution >= 4 is 27.6 Å². The molecule has 0 aromatic heterocycles. The summed E-state index contributed by atoms with van der Waals surface area (Å²) >= 11 is 5.77. The van der Waals surface area contributed by atoms with Gasteiger partial charge < -0.3 is 9.84 Å². The highest BCUT2D eigenvalue weighted by Gasteiger charge is 2.25. The van der Waals surface area contributed by atoms with E-state index in [0.29, 0.717) is 0 Å². The highest BCUT2D eigenvalue weighted by atomic mass is 35.5. The molecule has 2 N–H and O–H groups in total. The van der Waals surface area contributed by atoms with Crippen molar-refractivity contribution in [1.29, 1.82) is 5.26 Å². The van der Waals surface area contributed by atoms with Crippen LogP contribution in [0.3, 0.4) is 0 Å². The standard InChI is InChI=1S/C12H13ClN2O5S/c1-20-5-4-11(12(16)17)15-21(18,19)9-3-2-8(7-14)10(13)6-9/h2-3,6,11,15H,4-5H2,1H3,(H,16,17). The van der Waals surface area contributed by atoms with Crippen molar-refractivity contribution in [2.45, 2.75) is 17.4 Å². The monoisotopic (exact) mass is 332 g/mol. The number of nitrogens with one attached hydrogen (secondary N) is 1. The van der Waals surface area contributed by atoms with Gasteiger partial charge >= 0.3 is 5.97 Å². The fraction of sp³-hybridized carbons (Fsp3) is 0.333. The third-order valence-corrected chi connectivity index (χ3v) is 4.36. The van der Waals surface area contributed by atoms with Gasteiger partial charge in [-0.1, -0.05) is 11.6 Å². The Hall–Kier alpha value is -1.66. The molecule has 0 saturated heterocycles. The first kappa shape index (κ1) is 17.4. The van der Waals surface area contributed by atoms with Crippen LogP contribution in [0.4, 0.5) is 0 Å². The lowest BCUT2D eigenvalue weighted by molar-refractivity contribution is -0.139. The van der Waals surface area contributed by atoms with E-state index in [9.17, 15) is 13.2 Å².